The highest BCUT2D eigenvalue weighted by atomic mass is 79.9. The average molecular weight is 319 g/mol. The third kappa shape index (κ3) is 3.34. The third-order valence-corrected chi connectivity index (χ3v) is 2.58. The summed E-state index contributed by atoms with van der Waals surface area (Å²) in [6.07, 6.45) is -5.42. The maximum absolute atomic E-state index is 12.6. The molecule has 1 rings (SSSR count). The SMILES string of the molecule is CCn1nc(C(F)F)c(CBr)c1OCC(F)F. The number of alkyl halides is 5. The molecule has 0 aliphatic carbocycles. The van der Waals surface area contributed by atoms with Crippen molar-refractivity contribution in [2.24, 2.45) is 0 Å². The van der Waals surface area contributed by atoms with Crippen molar-refractivity contribution in [3.8, 4) is 5.88 Å². The molecule has 0 fully saturated rings. The molecule has 0 spiro atoms. The summed E-state index contributed by atoms with van der Waals surface area (Å²) in [5, 5.41) is 3.72. The molecule has 0 aliphatic heterocycles. The van der Waals surface area contributed by atoms with Crippen molar-refractivity contribution in [3.63, 3.8) is 0 Å². The lowest BCUT2D eigenvalue weighted by Crippen LogP contribution is -2.11. The molecule has 0 bridgehead atoms. The molecule has 1 aromatic heterocycles. The van der Waals surface area contributed by atoms with Gasteiger partial charge in [0.05, 0.1) is 5.56 Å². The standard InChI is InChI=1S/C9H11BrF4N2O/c1-2-16-9(17-4-6(11)12)5(3-10)7(15-16)8(13)14/h6,8H,2-4H2,1H3. The highest BCUT2D eigenvalue weighted by molar-refractivity contribution is 9.08. The van der Waals surface area contributed by atoms with E-state index >= 15 is 0 Å². The van der Waals surface area contributed by atoms with Crippen LogP contribution in [0.4, 0.5) is 17.6 Å². The summed E-state index contributed by atoms with van der Waals surface area (Å²) in [7, 11) is 0. The molecular weight excluding hydrogens is 308 g/mol. The van der Waals surface area contributed by atoms with Crippen LogP contribution in [0.15, 0.2) is 0 Å². The lowest BCUT2D eigenvalue weighted by Gasteiger charge is -2.08. The van der Waals surface area contributed by atoms with Crippen LogP contribution in [-0.4, -0.2) is 22.8 Å². The summed E-state index contributed by atoms with van der Waals surface area (Å²) in [4.78, 5) is 0. The van der Waals surface area contributed by atoms with Gasteiger partial charge in [-0.2, -0.15) is 5.10 Å². The fourth-order valence-electron chi connectivity index (χ4n) is 1.32. The van der Waals surface area contributed by atoms with Crippen molar-refractivity contribution < 1.29 is 22.3 Å². The summed E-state index contributed by atoms with van der Waals surface area (Å²) in [6.45, 7) is 1.09. The molecule has 0 aromatic carbocycles. The Morgan fingerprint density at radius 1 is 1.35 bits per heavy atom. The van der Waals surface area contributed by atoms with Crippen LogP contribution in [0.2, 0.25) is 0 Å². The number of halogens is 5. The zero-order chi connectivity index (χ0) is 13.0. The van der Waals surface area contributed by atoms with E-state index in [1.165, 1.54) is 0 Å². The highest BCUT2D eigenvalue weighted by Gasteiger charge is 2.24. The largest absolute Gasteiger partial charge is 0.472 e. The van der Waals surface area contributed by atoms with Crippen LogP contribution in [0.5, 0.6) is 5.88 Å². The van der Waals surface area contributed by atoms with Gasteiger partial charge in [0.25, 0.3) is 12.9 Å². The smallest absolute Gasteiger partial charge is 0.282 e. The van der Waals surface area contributed by atoms with Gasteiger partial charge in [-0.15, -0.1) is 0 Å². The maximum atomic E-state index is 12.6. The minimum atomic E-state index is -2.76. The number of hydrogen-bond acceptors (Lipinski definition) is 2. The number of nitrogens with zero attached hydrogens (tertiary/aromatic N) is 2. The zero-order valence-electron chi connectivity index (χ0n) is 8.97. The molecule has 0 atom stereocenters. The number of hydrogen-bond donors (Lipinski definition) is 0. The summed E-state index contributed by atoms with van der Waals surface area (Å²) in [6, 6.07) is 0. The fraction of sp³-hybridized carbons (Fsp3) is 0.667. The minimum Gasteiger partial charge on any atom is -0.472 e. The minimum absolute atomic E-state index is 0.0278. The average Bonchev–Trinajstić information content (AvgIpc) is 2.63. The van der Waals surface area contributed by atoms with E-state index < -0.39 is 25.2 Å². The Bertz CT molecular complexity index is 370. The van der Waals surface area contributed by atoms with E-state index in [2.05, 4.69) is 21.0 Å². The Morgan fingerprint density at radius 2 is 2.00 bits per heavy atom. The van der Waals surface area contributed by atoms with Crippen LogP contribution in [0.1, 0.15) is 24.6 Å². The first-order valence-corrected chi connectivity index (χ1v) is 5.98. The van der Waals surface area contributed by atoms with Crippen LogP contribution in [0.25, 0.3) is 0 Å². The second-order valence-corrected chi connectivity index (χ2v) is 3.68. The monoisotopic (exact) mass is 318 g/mol. The predicted octanol–water partition coefficient (Wildman–Crippen LogP) is 3.38. The van der Waals surface area contributed by atoms with Crippen LogP contribution < -0.4 is 4.74 Å². The van der Waals surface area contributed by atoms with Gasteiger partial charge in [0.15, 0.2) is 6.61 Å². The third-order valence-electron chi connectivity index (χ3n) is 2.02. The fourth-order valence-corrected chi connectivity index (χ4v) is 1.85. The Balaban J connectivity index is 3.06. The topological polar surface area (TPSA) is 27.1 Å². The Labute approximate surface area is 104 Å². The lowest BCUT2D eigenvalue weighted by atomic mass is 10.3. The van der Waals surface area contributed by atoms with Crippen LogP contribution in [-0.2, 0) is 11.9 Å². The summed E-state index contributed by atoms with van der Waals surface area (Å²) >= 11 is 3.02. The predicted molar refractivity (Wildman–Crippen MR) is 57.0 cm³/mol. The first kappa shape index (κ1) is 14.3. The summed E-state index contributed by atoms with van der Waals surface area (Å²) in [5.41, 5.74) is -0.324. The van der Waals surface area contributed by atoms with E-state index in [0.717, 1.165) is 4.68 Å². The Kier molecular flexibility index (Phi) is 5.23. The second kappa shape index (κ2) is 6.23. The molecule has 0 N–H and O–H groups in total. The summed E-state index contributed by atoms with van der Waals surface area (Å²) < 4.78 is 55.4. The van der Waals surface area contributed by atoms with Crippen LogP contribution in [0.3, 0.4) is 0 Å². The molecule has 0 amide bonds. The van der Waals surface area contributed by atoms with Crippen molar-refractivity contribution in [2.45, 2.75) is 31.6 Å². The molecule has 0 saturated carbocycles. The molecule has 1 heterocycles. The number of ether oxygens (including phenoxy) is 1. The molecule has 98 valence electrons. The zero-order valence-corrected chi connectivity index (χ0v) is 10.6. The number of rotatable bonds is 6. The van der Waals surface area contributed by atoms with Crippen molar-refractivity contribution in [1.82, 2.24) is 9.78 Å². The van der Waals surface area contributed by atoms with Gasteiger partial charge in [-0.3, -0.25) is 0 Å². The van der Waals surface area contributed by atoms with Gasteiger partial charge in [0, 0.05) is 11.9 Å². The normalized spacial score (nSPS) is 11.5. The first-order chi connectivity index (χ1) is 8.01. The molecule has 8 heteroatoms. The van der Waals surface area contributed by atoms with Gasteiger partial charge >= 0.3 is 0 Å². The van der Waals surface area contributed by atoms with Gasteiger partial charge in [-0.25, -0.2) is 22.2 Å². The van der Waals surface area contributed by atoms with Crippen molar-refractivity contribution in [2.75, 3.05) is 6.61 Å². The molecular formula is C9H11BrF4N2O. The first-order valence-electron chi connectivity index (χ1n) is 4.85. The molecule has 0 aliphatic rings. The lowest BCUT2D eigenvalue weighted by molar-refractivity contribution is 0.0765. The molecule has 1 aromatic rings. The molecule has 0 radical (unpaired) electrons. The Morgan fingerprint density at radius 3 is 2.41 bits per heavy atom. The van der Waals surface area contributed by atoms with E-state index in [1.807, 2.05) is 0 Å². The van der Waals surface area contributed by atoms with Crippen molar-refractivity contribution >= 4 is 15.9 Å². The highest BCUT2D eigenvalue weighted by Crippen LogP contribution is 2.31. The van der Waals surface area contributed by atoms with Crippen LogP contribution in [0, 0.1) is 0 Å². The Hall–Kier alpha value is -0.790. The summed E-state index contributed by atoms with van der Waals surface area (Å²) in [5.74, 6) is -0.0278. The second-order valence-electron chi connectivity index (χ2n) is 3.12. The molecule has 0 saturated heterocycles. The maximum Gasteiger partial charge on any atom is 0.282 e. The van der Waals surface area contributed by atoms with E-state index in [0.29, 0.717) is 0 Å². The van der Waals surface area contributed by atoms with Gasteiger partial charge in [0.1, 0.15) is 5.69 Å². The van der Waals surface area contributed by atoms with Gasteiger partial charge in [-0.05, 0) is 6.92 Å². The quantitative estimate of drug-likeness (QED) is 0.594. The van der Waals surface area contributed by atoms with Gasteiger partial charge < -0.3 is 4.74 Å². The van der Waals surface area contributed by atoms with Gasteiger partial charge in [-0.1, -0.05) is 15.9 Å². The van der Waals surface area contributed by atoms with Gasteiger partial charge in [0.2, 0.25) is 5.88 Å². The number of aromatic nitrogens is 2. The van der Waals surface area contributed by atoms with Crippen LogP contribution >= 0.6 is 15.9 Å². The molecule has 17 heavy (non-hydrogen) atoms. The molecule has 0 unspecified atom stereocenters. The van der Waals surface area contributed by atoms with Crippen molar-refractivity contribution in [3.05, 3.63) is 11.3 Å². The van der Waals surface area contributed by atoms with E-state index in [9.17, 15) is 17.6 Å². The number of aryl methyl sites for hydroxylation is 1. The van der Waals surface area contributed by atoms with Crippen molar-refractivity contribution in [1.29, 1.82) is 0 Å². The molecule has 3 nitrogen and oxygen atoms in total. The van der Waals surface area contributed by atoms with E-state index in [4.69, 9.17) is 4.74 Å². The van der Waals surface area contributed by atoms with E-state index in [-0.39, 0.29) is 23.3 Å². The van der Waals surface area contributed by atoms with E-state index in [1.54, 1.807) is 6.92 Å².